The van der Waals surface area contributed by atoms with Gasteiger partial charge in [0.2, 0.25) is 5.91 Å². The third kappa shape index (κ3) is 3.44. The maximum absolute atomic E-state index is 12.5. The van der Waals surface area contributed by atoms with Gasteiger partial charge in [0, 0.05) is 26.2 Å². The Kier molecular flexibility index (Phi) is 4.27. The molecule has 4 heteroatoms. The zero-order valence-electron chi connectivity index (χ0n) is 12.9. The van der Waals surface area contributed by atoms with Gasteiger partial charge in [-0.2, -0.15) is 0 Å². The Bertz CT molecular complexity index is 507. The monoisotopic (exact) mass is 288 g/mol. The highest BCUT2D eigenvalue weighted by Crippen LogP contribution is 2.19. The summed E-state index contributed by atoms with van der Waals surface area (Å²) in [5.41, 5.74) is 2.68. The molecule has 0 aliphatic carbocycles. The number of carbonyl (C=O) groups excluding carboxylic acids is 1. The Hall–Kier alpha value is -1.39. The third-order valence-electron chi connectivity index (χ3n) is 4.34. The van der Waals surface area contributed by atoms with Crippen molar-refractivity contribution in [2.24, 2.45) is 0 Å². The van der Waals surface area contributed by atoms with E-state index in [0.717, 1.165) is 32.6 Å². The van der Waals surface area contributed by atoms with E-state index in [1.807, 2.05) is 4.90 Å². The summed E-state index contributed by atoms with van der Waals surface area (Å²) in [6, 6.07) is 8.43. The molecule has 4 nitrogen and oxygen atoms in total. The van der Waals surface area contributed by atoms with Crippen LogP contribution >= 0.6 is 0 Å². The van der Waals surface area contributed by atoms with Crippen molar-refractivity contribution in [1.29, 1.82) is 0 Å². The van der Waals surface area contributed by atoms with Gasteiger partial charge in [0.25, 0.3) is 0 Å². The van der Waals surface area contributed by atoms with Gasteiger partial charge in [0.1, 0.15) is 0 Å². The van der Waals surface area contributed by atoms with Crippen molar-refractivity contribution in [3.05, 3.63) is 35.4 Å². The largest absolute Gasteiger partial charge is 0.373 e. The lowest BCUT2D eigenvalue weighted by Crippen LogP contribution is -2.50. The molecular weight excluding hydrogens is 264 g/mol. The number of ether oxygens (including phenoxy) is 1. The molecule has 0 radical (unpaired) electrons. The van der Waals surface area contributed by atoms with E-state index in [4.69, 9.17) is 4.74 Å². The summed E-state index contributed by atoms with van der Waals surface area (Å²) < 4.78 is 5.72. The molecule has 0 spiro atoms. The molecule has 2 aliphatic rings. The van der Waals surface area contributed by atoms with Gasteiger partial charge in [-0.1, -0.05) is 24.3 Å². The van der Waals surface area contributed by atoms with Crippen LogP contribution in [0, 0.1) is 0 Å². The zero-order valence-corrected chi connectivity index (χ0v) is 12.9. The molecular formula is C17H24N2O2. The summed E-state index contributed by atoms with van der Waals surface area (Å²) in [5.74, 6) is 0.241. The minimum atomic E-state index is 0.212. The number of benzene rings is 1. The minimum absolute atomic E-state index is 0.212. The first-order valence-electron chi connectivity index (χ1n) is 7.84. The fraction of sp³-hybridized carbons (Fsp3) is 0.588. The Morgan fingerprint density at radius 3 is 2.57 bits per heavy atom. The normalized spacial score (nSPS) is 26.5. The van der Waals surface area contributed by atoms with Crippen LogP contribution in [0.5, 0.6) is 0 Å². The van der Waals surface area contributed by atoms with Crippen LogP contribution in [0.1, 0.15) is 25.0 Å². The molecule has 0 unspecified atom stereocenters. The number of fused-ring (bicyclic) bond motifs is 1. The Labute approximate surface area is 126 Å². The molecule has 1 aromatic carbocycles. The smallest absolute Gasteiger partial charge is 0.237 e. The van der Waals surface area contributed by atoms with Crippen molar-refractivity contribution in [3.8, 4) is 0 Å². The van der Waals surface area contributed by atoms with Crippen molar-refractivity contribution >= 4 is 5.91 Å². The second-order valence-electron chi connectivity index (χ2n) is 6.29. The molecule has 1 amide bonds. The molecule has 2 atom stereocenters. The van der Waals surface area contributed by atoms with Gasteiger partial charge in [-0.25, -0.2) is 0 Å². The van der Waals surface area contributed by atoms with Gasteiger partial charge < -0.3 is 9.64 Å². The lowest BCUT2D eigenvalue weighted by atomic mass is 10.00. The summed E-state index contributed by atoms with van der Waals surface area (Å²) in [7, 11) is 0. The highest BCUT2D eigenvalue weighted by Gasteiger charge is 2.26. The van der Waals surface area contributed by atoms with Gasteiger partial charge in [0.15, 0.2) is 0 Å². The molecule has 1 aromatic rings. The van der Waals surface area contributed by atoms with Crippen LogP contribution in [0.2, 0.25) is 0 Å². The minimum Gasteiger partial charge on any atom is -0.373 e. The first-order chi connectivity index (χ1) is 10.1. The predicted octanol–water partition coefficient (Wildman–Crippen LogP) is 1.68. The first-order valence-corrected chi connectivity index (χ1v) is 7.84. The standard InChI is InChI=1S/C17H24N2O2/c1-13-9-18(10-14(2)21-13)12-17(20)19-8-7-15-5-3-4-6-16(15)11-19/h3-6,13-14H,7-12H2,1-2H3/t13-,14-/m1/s1. The van der Waals surface area contributed by atoms with E-state index in [9.17, 15) is 4.79 Å². The van der Waals surface area contributed by atoms with Crippen LogP contribution in [0.15, 0.2) is 24.3 Å². The first kappa shape index (κ1) is 14.5. The van der Waals surface area contributed by atoms with Crippen LogP contribution in [0.25, 0.3) is 0 Å². The van der Waals surface area contributed by atoms with Gasteiger partial charge in [-0.05, 0) is 31.4 Å². The maximum atomic E-state index is 12.5. The molecule has 0 saturated carbocycles. The Balaban J connectivity index is 1.59. The van der Waals surface area contributed by atoms with E-state index in [2.05, 4.69) is 43.0 Å². The number of carbonyl (C=O) groups is 1. The lowest BCUT2D eigenvalue weighted by molar-refractivity contribution is -0.136. The number of hydrogen-bond acceptors (Lipinski definition) is 3. The molecule has 2 heterocycles. The Morgan fingerprint density at radius 2 is 1.86 bits per heavy atom. The second-order valence-corrected chi connectivity index (χ2v) is 6.29. The summed E-state index contributed by atoms with van der Waals surface area (Å²) in [6.07, 6.45) is 1.39. The highest BCUT2D eigenvalue weighted by atomic mass is 16.5. The molecule has 2 aliphatic heterocycles. The molecule has 114 valence electrons. The van der Waals surface area contributed by atoms with E-state index in [1.54, 1.807) is 0 Å². The second kappa shape index (κ2) is 6.16. The molecule has 21 heavy (non-hydrogen) atoms. The number of rotatable bonds is 2. The quantitative estimate of drug-likeness (QED) is 0.830. The SMILES string of the molecule is C[C@@H]1CN(CC(=O)N2CCc3ccccc3C2)C[C@@H](C)O1. The molecule has 0 aromatic heterocycles. The lowest BCUT2D eigenvalue weighted by Gasteiger charge is -2.36. The van der Waals surface area contributed by atoms with Gasteiger partial charge >= 0.3 is 0 Å². The molecule has 1 saturated heterocycles. The van der Waals surface area contributed by atoms with E-state index in [0.29, 0.717) is 6.54 Å². The van der Waals surface area contributed by atoms with Crippen LogP contribution < -0.4 is 0 Å². The number of morpholine rings is 1. The van der Waals surface area contributed by atoms with Crippen LogP contribution in [-0.4, -0.2) is 54.1 Å². The third-order valence-corrected chi connectivity index (χ3v) is 4.34. The summed E-state index contributed by atoms with van der Waals surface area (Å²) in [6.45, 7) is 7.95. The molecule has 0 N–H and O–H groups in total. The summed E-state index contributed by atoms with van der Waals surface area (Å²) in [5, 5.41) is 0. The van der Waals surface area contributed by atoms with Crippen LogP contribution in [0.3, 0.4) is 0 Å². The fourth-order valence-corrected chi connectivity index (χ4v) is 3.41. The number of hydrogen-bond donors (Lipinski definition) is 0. The highest BCUT2D eigenvalue weighted by molar-refractivity contribution is 5.78. The van der Waals surface area contributed by atoms with Crippen molar-refractivity contribution in [2.45, 2.75) is 39.0 Å². The summed E-state index contributed by atoms with van der Waals surface area (Å²) in [4.78, 5) is 16.7. The van der Waals surface area contributed by atoms with Crippen molar-refractivity contribution in [3.63, 3.8) is 0 Å². The average Bonchev–Trinajstić information content (AvgIpc) is 2.45. The fourth-order valence-electron chi connectivity index (χ4n) is 3.41. The van der Waals surface area contributed by atoms with E-state index >= 15 is 0 Å². The number of amides is 1. The van der Waals surface area contributed by atoms with Crippen LogP contribution in [-0.2, 0) is 22.5 Å². The zero-order chi connectivity index (χ0) is 14.8. The Morgan fingerprint density at radius 1 is 1.19 bits per heavy atom. The van der Waals surface area contributed by atoms with Crippen molar-refractivity contribution < 1.29 is 9.53 Å². The van der Waals surface area contributed by atoms with Gasteiger partial charge in [-0.15, -0.1) is 0 Å². The van der Waals surface area contributed by atoms with Gasteiger partial charge in [-0.3, -0.25) is 9.69 Å². The molecule has 1 fully saturated rings. The van der Waals surface area contributed by atoms with E-state index < -0.39 is 0 Å². The maximum Gasteiger partial charge on any atom is 0.237 e. The molecule has 0 bridgehead atoms. The molecule has 3 rings (SSSR count). The van der Waals surface area contributed by atoms with Crippen molar-refractivity contribution in [1.82, 2.24) is 9.80 Å². The summed E-state index contributed by atoms with van der Waals surface area (Å²) >= 11 is 0. The van der Waals surface area contributed by atoms with E-state index in [1.165, 1.54) is 11.1 Å². The van der Waals surface area contributed by atoms with Crippen LogP contribution in [0.4, 0.5) is 0 Å². The predicted molar refractivity (Wildman–Crippen MR) is 82.0 cm³/mol. The van der Waals surface area contributed by atoms with Gasteiger partial charge in [0.05, 0.1) is 18.8 Å². The topological polar surface area (TPSA) is 32.8 Å². The number of nitrogens with zero attached hydrogens (tertiary/aromatic N) is 2. The van der Waals surface area contributed by atoms with E-state index in [-0.39, 0.29) is 18.1 Å². The van der Waals surface area contributed by atoms with Crippen molar-refractivity contribution in [2.75, 3.05) is 26.2 Å². The average molecular weight is 288 g/mol.